The molecule has 130 valence electrons. The van der Waals surface area contributed by atoms with E-state index >= 15 is 0 Å². The molecule has 1 atom stereocenters. The first-order chi connectivity index (χ1) is 11.7. The lowest BCUT2D eigenvalue weighted by molar-refractivity contribution is -0.119. The number of morpholine rings is 1. The second-order valence-electron chi connectivity index (χ2n) is 6.55. The molecule has 2 aliphatic heterocycles. The van der Waals surface area contributed by atoms with Gasteiger partial charge >= 0.3 is 0 Å². The Hall–Kier alpha value is -1.79. The van der Waals surface area contributed by atoms with Crippen LogP contribution in [0.25, 0.3) is 0 Å². The third-order valence-corrected chi connectivity index (χ3v) is 4.40. The van der Waals surface area contributed by atoms with E-state index < -0.39 is 0 Å². The van der Waals surface area contributed by atoms with Gasteiger partial charge in [0.2, 0.25) is 0 Å². The van der Waals surface area contributed by atoms with E-state index in [1.165, 1.54) is 5.56 Å². The summed E-state index contributed by atoms with van der Waals surface area (Å²) in [7, 11) is 1.66. The van der Waals surface area contributed by atoms with E-state index in [4.69, 9.17) is 9.47 Å². The van der Waals surface area contributed by atoms with Crippen LogP contribution < -0.4 is 0 Å². The highest BCUT2D eigenvalue weighted by molar-refractivity contribution is 6.01. The molecule has 0 amide bonds. The van der Waals surface area contributed by atoms with E-state index in [2.05, 4.69) is 14.9 Å². The van der Waals surface area contributed by atoms with Gasteiger partial charge in [-0.15, -0.1) is 0 Å². The number of rotatable bonds is 6. The van der Waals surface area contributed by atoms with E-state index in [9.17, 15) is 4.79 Å². The number of amidine groups is 1. The van der Waals surface area contributed by atoms with E-state index in [1.54, 1.807) is 7.11 Å². The van der Waals surface area contributed by atoms with E-state index in [0.29, 0.717) is 26.0 Å². The first-order valence-corrected chi connectivity index (χ1v) is 8.53. The van der Waals surface area contributed by atoms with Crippen LogP contribution >= 0.6 is 0 Å². The minimum atomic E-state index is 0.208. The first kappa shape index (κ1) is 17.0. The summed E-state index contributed by atoms with van der Waals surface area (Å²) in [5, 5.41) is 0. The molecule has 0 bridgehead atoms. The Morgan fingerprint density at radius 1 is 1.42 bits per heavy atom. The largest absolute Gasteiger partial charge is 0.384 e. The van der Waals surface area contributed by atoms with E-state index in [-0.39, 0.29) is 11.7 Å². The normalized spacial score (nSPS) is 18.2. The van der Waals surface area contributed by atoms with Gasteiger partial charge in [0.25, 0.3) is 0 Å². The number of pyridine rings is 1. The van der Waals surface area contributed by atoms with Gasteiger partial charge in [0.15, 0.2) is 0 Å². The smallest absolute Gasteiger partial charge is 0.139 e. The van der Waals surface area contributed by atoms with Crippen LogP contribution in [0.15, 0.2) is 17.3 Å². The van der Waals surface area contributed by atoms with Crippen LogP contribution in [0, 0.1) is 5.92 Å². The van der Waals surface area contributed by atoms with E-state index in [0.717, 1.165) is 43.4 Å². The molecule has 0 saturated carbocycles. The average Bonchev–Trinajstić information content (AvgIpc) is 2.99. The molecule has 3 rings (SSSR count). The summed E-state index contributed by atoms with van der Waals surface area (Å²) in [6.45, 7) is 6.54. The summed E-state index contributed by atoms with van der Waals surface area (Å²) < 4.78 is 10.5. The number of methoxy groups -OCH3 is 1. The van der Waals surface area contributed by atoms with Gasteiger partial charge in [-0.05, 0) is 17.5 Å². The number of aromatic nitrogens is 1. The summed E-state index contributed by atoms with van der Waals surface area (Å²) in [4.78, 5) is 23.6. The molecule has 1 aromatic heterocycles. The summed E-state index contributed by atoms with van der Waals surface area (Å²) >= 11 is 0. The van der Waals surface area contributed by atoms with Gasteiger partial charge in [-0.2, -0.15) is 0 Å². The second-order valence-corrected chi connectivity index (χ2v) is 6.55. The van der Waals surface area contributed by atoms with Gasteiger partial charge in [0.1, 0.15) is 11.6 Å². The van der Waals surface area contributed by atoms with Gasteiger partial charge in [0.05, 0.1) is 19.8 Å². The van der Waals surface area contributed by atoms with Crippen molar-refractivity contribution in [3.05, 3.63) is 29.1 Å². The Kier molecular flexibility index (Phi) is 5.58. The lowest BCUT2D eigenvalue weighted by Crippen LogP contribution is -2.40. The number of aliphatic imine (C=N–C) groups is 1. The van der Waals surface area contributed by atoms with Crippen molar-refractivity contribution >= 4 is 11.6 Å². The van der Waals surface area contributed by atoms with Crippen molar-refractivity contribution in [1.29, 1.82) is 0 Å². The summed E-state index contributed by atoms with van der Waals surface area (Å²) in [6, 6.07) is 2.03. The van der Waals surface area contributed by atoms with Crippen molar-refractivity contribution < 1.29 is 14.3 Å². The van der Waals surface area contributed by atoms with E-state index in [1.807, 2.05) is 19.2 Å². The van der Waals surface area contributed by atoms with Crippen LogP contribution in [0.1, 0.15) is 30.2 Å². The molecule has 0 unspecified atom stereocenters. The number of ether oxygens (including phenoxy) is 2. The van der Waals surface area contributed by atoms with Crippen LogP contribution in [-0.4, -0.2) is 61.5 Å². The molecular formula is C18H25N3O3. The zero-order valence-corrected chi connectivity index (χ0v) is 14.5. The molecule has 0 radical (unpaired) electrons. The highest BCUT2D eigenvalue weighted by atomic mass is 16.5. The number of Topliss-reactive ketones (excluding diaryl/α,β-unsaturated/α-hetero) is 1. The van der Waals surface area contributed by atoms with Gasteiger partial charge in [-0.25, -0.2) is 0 Å². The lowest BCUT2D eigenvalue weighted by atomic mass is 10.0. The monoisotopic (exact) mass is 331 g/mol. The average molecular weight is 331 g/mol. The fourth-order valence-corrected chi connectivity index (χ4v) is 3.27. The van der Waals surface area contributed by atoms with Gasteiger partial charge in [-0.1, -0.05) is 6.92 Å². The van der Waals surface area contributed by atoms with Crippen LogP contribution in [0.5, 0.6) is 0 Å². The highest BCUT2D eigenvalue weighted by Crippen LogP contribution is 2.22. The van der Waals surface area contributed by atoms with Crippen molar-refractivity contribution in [2.24, 2.45) is 10.9 Å². The van der Waals surface area contributed by atoms with Crippen molar-refractivity contribution in [3.8, 4) is 0 Å². The standard InChI is InChI=1S/C18H25N3O3/c1-13(12-23-2)7-16(22)9-15-8-14-10-20-18(17(14)11-19-15)21-3-5-24-6-4-21/h8,11,13H,3-7,9-10,12H2,1-2H3/t13-/m1/s1. The second kappa shape index (κ2) is 7.85. The predicted octanol–water partition coefficient (Wildman–Crippen LogP) is 1.46. The number of carbonyl (C=O) groups excluding carboxylic acids is 1. The molecule has 3 heterocycles. The Labute approximate surface area is 142 Å². The molecule has 6 heteroatoms. The SMILES string of the molecule is COC[C@H](C)CC(=O)Cc1cc2c(cn1)C(N1CCOCC1)=NC2. The third-order valence-electron chi connectivity index (χ3n) is 4.40. The fraction of sp³-hybridized carbons (Fsp3) is 0.611. The molecule has 24 heavy (non-hydrogen) atoms. The predicted molar refractivity (Wildman–Crippen MR) is 91.2 cm³/mol. The quantitative estimate of drug-likeness (QED) is 0.790. The Bertz CT molecular complexity index is 624. The Morgan fingerprint density at radius 2 is 2.21 bits per heavy atom. The highest BCUT2D eigenvalue weighted by Gasteiger charge is 2.24. The Balaban J connectivity index is 1.62. The molecule has 2 aliphatic rings. The fourth-order valence-electron chi connectivity index (χ4n) is 3.27. The zero-order valence-electron chi connectivity index (χ0n) is 14.5. The van der Waals surface area contributed by atoms with Gasteiger partial charge in [0, 0.05) is 57.1 Å². The number of hydrogen-bond acceptors (Lipinski definition) is 6. The van der Waals surface area contributed by atoms with Crippen LogP contribution in [0.3, 0.4) is 0 Å². The maximum absolute atomic E-state index is 12.2. The first-order valence-electron chi connectivity index (χ1n) is 8.53. The number of fused-ring (bicyclic) bond motifs is 1. The summed E-state index contributed by atoms with van der Waals surface area (Å²) in [6.07, 6.45) is 2.79. The third kappa shape index (κ3) is 3.99. The molecule has 0 aliphatic carbocycles. The lowest BCUT2D eigenvalue weighted by Gasteiger charge is -2.28. The summed E-state index contributed by atoms with van der Waals surface area (Å²) in [5.41, 5.74) is 3.10. The molecule has 0 spiro atoms. The van der Waals surface area contributed by atoms with Gasteiger partial charge < -0.3 is 14.4 Å². The van der Waals surface area contributed by atoms with Crippen LogP contribution in [0.2, 0.25) is 0 Å². The Morgan fingerprint density at radius 3 is 2.96 bits per heavy atom. The van der Waals surface area contributed by atoms with Crippen LogP contribution in [-0.2, 0) is 27.2 Å². The molecule has 1 saturated heterocycles. The van der Waals surface area contributed by atoms with Crippen LogP contribution in [0.4, 0.5) is 0 Å². The molecule has 0 aromatic carbocycles. The minimum Gasteiger partial charge on any atom is -0.384 e. The zero-order chi connectivity index (χ0) is 16.9. The number of nitrogens with zero attached hydrogens (tertiary/aromatic N) is 3. The van der Waals surface area contributed by atoms with Gasteiger partial charge in [-0.3, -0.25) is 14.8 Å². The molecule has 0 N–H and O–H groups in total. The van der Waals surface area contributed by atoms with Crippen molar-refractivity contribution in [3.63, 3.8) is 0 Å². The molecular weight excluding hydrogens is 306 g/mol. The van der Waals surface area contributed by atoms with Crippen molar-refractivity contribution in [2.75, 3.05) is 40.0 Å². The minimum absolute atomic E-state index is 0.208. The topological polar surface area (TPSA) is 64.0 Å². The maximum Gasteiger partial charge on any atom is 0.139 e. The molecule has 1 aromatic rings. The number of hydrogen-bond donors (Lipinski definition) is 0. The maximum atomic E-state index is 12.2. The van der Waals surface area contributed by atoms with Crippen molar-refractivity contribution in [2.45, 2.75) is 26.3 Å². The number of carbonyl (C=O) groups is 1. The summed E-state index contributed by atoms with van der Waals surface area (Å²) in [5.74, 6) is 1.47. The number of ketones is 1. The van der Waals surface area contributed by atoms with Crippen molar-refractivity contribution in [1.82, 2.24) is 9.88 Å². The molecule has 1 fully saturated rings. The molecule has 6 nitrogen and oxygen atoms in total.